The minimum Gasteiger partial charge on any atom is -0.356 e. The summed E-state index contributed by atoms with van der Waals surface area (Å²) in [6, 6.07) is 1.73. The van der Waals surface area contributed by atoms with Crippen LogP contribution in [0.5, 0.6) is 0 Å². The van der Waals surface area contributed by atoms with Crippen LogP contribution in [0.25, 0.3) is 17.2 Å². The van der Waals surface area contributed by atoms with Crippen molar-refractivity contribution in [2.24, 2.45) is 5.92 Å². The van der Waals surface area contributed by atoms with Crippen LogP contribution in [0.1, 0.15) is 30.5 Å². The van der Waals surface area contributed by atoms with Crippen molar-refractivity contribution in [3.63, 3.8) is 0 Å². The molecule has 1 fully saturated rings. The van der Waals surface area contributed by atoms with Crippen molar-refractivity contribution in [3.8, 4) is 11.5 Å². The van der Waals surface area contributed by atoms with Crippen molar-refractivity contribution in [3.05, 3.63) is 54.3 Å². The molecule has 0 spiro atoms. The highest BCUT2D eigenvalue weighted by Crippen LogP contribution is 2.33. The largest absolute Gasteiger partial charge is 0.434 e. The number of anilines is 1. The Kier molecular flexibility index (Phi) is 4.79. The molecule has 1 aliphatic heterocycles. The highest BCUT2D eigenvalue weighted by Gasteiger charge is 2.33. The van der Waals surface area contributed by atoms with Gasteiger partial charge in [-0.3, -0.25) is 9.50 Å². The van der Waals surface area contributed by atoms with E-state index >= 15 is 0 Å². The summed E-state index contributed by atoms with van der Waals surface area (Å²) in [6.45, 7) is 3.32. The van der Waals surface area contributed by atoms with Crippen molar-refractivity contribution in [2.75, 3.05) is 18.0 Å². The lowest BCUT2D eigenvalue weighted by Crippen LogP contribution is -2.39. The first-order chi connectivity index (χ1) is 15.3. The molecule has 12 heteroatoms. The predicted octanol–water partition coefficient (Wildman–Crippen LogP) is 3.70. The summed E-state index contributed by atoms with van der Waals surface area (Å²) in [5, 5.41) is 6.15. The van der Waals surface area contributed by atoms with E-state index in [1.165, 1.54) is 10.6 Å². The molecule has 8 nitrogen and oxygen atoms in total. The average molecular weight is 446 g/mol. The molecular weight excluding hydrogens is 428 g/mol. The number of nitrogens with one attached hydrogen (secondary N) is 1. The van der Waals surface area contributed by atoms with Crippen LogP contribution in [0.3, 0.4) is 0 Å². The SMILES string of the molecule is C[C@H]1C[C@H](c2c[nH]nc2F)CN(c2ccnc(-c3cnc4cnc(C(F)(F)F)cn34)n2)C1. The molecule has 1 aliphatic rings. The first-order valence-electron chi connectivity index (χ1n) is 9.97. The smallest absolute Gasteiger partial charge is 0.356 e. The van der Waals surface area contributed by atoms with Crippen LogP contribution in [0.2, 0.25) is 0 Å². The highest BCUT2D eigenvalue weighted by molar-refractivity contribution is 5.58. The quantitative estimate of drug-likeness (QED) is 0.483. The van der Waals surface area contributed by atoms with E-state index in [-0.39, 0.29) is 23.3 Å². The number of rotatable bonds is 3. The minimum atomic E-state index is -4.58. The fourth-order valence-electron chi connectivity index (χ4n) is 4.18. The second-order valence-electron chi connectivity index (χ2n) is 7.95. The summed E-state index contributed by atoms with van der Waals surface area (Å²) in [5.74, 6) is 0.547. The number of nitrogens with zero attached hydrogens (tertiary/aromatic N) is 7. The number of hydrogen-bond donors (Lipinski definition) is 1. The molecule has 0 aliphatic carbocycles. The topological polar surface area (TPSA) is 87.9 Å². The number of imidazole rings is 1. The van der Waals surface area contributed by atoms with E-state index in [0.717, 1.165) is 18.8 Å². The molecule has 0 bridgehead atoms. The van der Waals surface area contributed by atoms with Crippen LogP contribution in [-0.4, -0.2) is 47.6 Å². The number of aromatic nitrogens is 7. The second-order valence-corrected chi connectivity index (χ2v) is 7.95. The van der Waals surface area contributed by atoms with Crippen LogP contribution in [0.15, 0.2) is 37.1 Å². The number of piperidine rings is 1. The maximum absolute atomic E-state index is 14.0. The number of alkyl halides is 3. The Hall–Kier alpha value is -3.57. The molecule has 1 saturated heterocycles. The van der Waals surface area contributed by atoms with Gasteiger partial charge in [0.25, 0.3) is 0 Å². The van der Waals surface area contributed by atoms with Crippen LogP contribution >= 0.6 is 0 Å². The summed E-state index contributed by atoms with van der Waals surface area (Å²) in [7, 11) is 0. The molecule has 0 saturated carbocycles. The molecule has 0 aromatic carbocycles. The molecule has 2 atom stereocenters. The summed E-state index contributed by atoms with van der Waals surface area (Å²) in [5.41, 5.74) is 0.0707. The normalized spacial score (nSPS) is 19.6. The van der Waals surface area contributed by atoms with Gasteiger partial charge in [-0.15, -0.1) is 5.10 Å². The zero-order valence-electron chi connectivity index (χ0n) is 16.9. The van der Waals surface area contributed by atoms with Gasteiger partial charge in [-0.1, -0.05) is 6.92 Å². The average Bonchev–Trinajstić information content (AvgIpc) is 3.38. The molecule has 5 rings (SSSR count). The van der Waals surface area contributed by atoms with Crippen LogP contribution in [0.4, 0.5) is 23.4 Å². The maximum atomic E-state index is 14.0. The Balaban J connectivity index is 1.49. The van der Waals surface area contributed by atoms with E-state index < -0.39 is 17.8 Å². The first kappa shape index (κ1) is 20.3. The van der Waals surface area contributed by atoms with Gasteiger partial charge in [0, 0.05) is 43.2 Å². The number of fused-ring (bicyclic) bond motifs is 1. The molecule has 5 heterocycles. The zero-order valence-corrected chi connectivity index (χ0v) is 16.9. The van der Waals surface area contributed by atoms with Crippen LogP contribution in [-0.2, 0) is 6.18 Å². The van der Waals surface area contributed by atoms with Gasteiger partial charge in [-0.2, -0.15) is 17.6 Å². The Bertz CT molecular complexity index is 1260. The lowest BCUT2D eigenvalue weighted by molar-refractivity contribution is -0.141. The maximum Gasteiger partial charge on any atom is 0.434 e. The minimum absolute atomic E-state index is 0.0628. The molecule has 32 heavy (non-hydrogen) atoms. The van der Waals surface area contributed by atoms with Gasteiger partial charge < -0.3 is 4.90 Å². The van der Waals surface area contributed by atoms with Crippen molar-refractivity contribution in [2.45, 2.75) is 25.4 Å². The second kappa shape index (κ2) is 7.53. The van der Waals surface area contributed by atoms with E-state index in [4.69, 9.17) is 0 Å². The molecule has 0 radical (unpaired) electrons. The molecule has 1 N–H and O–H groups in total. The lowest BCUT2D eigenvalue weighted by atomic mass is 9.86. The Morgan fingerprint density at radius 3 is 2.72 bits per heavy atom. The number of aromatic amines is 1. The van der Waals surface area contributed by atoms with Gasteiger partial charge in [-0.25, -0.2) is 19.9 Å². The van der Waals surface area contributed by atoms with Gasteiger partial charge >= 0.3 is 6.18 Å². The first-order valence-corrected chi connectivity index (χ1v) is 9.97. The molecule has 0 unspecified atom stereocenters. The predicted molar refractivity (Wildman–Crippen MR) is 106 cm³/mol. The zero-order chi connectivity index (χ0) is 22.5. The Morgan fingerprint density at radius 1 is 1.12 bits per heavy atom. The molecule has 4 aromatic rings. The van der Waals surface area contributed by atoms with E-state index in [9.17, 15) is 17.6 Å². The van der Waals surface area contributed by atoms with E-state index in [1.807, 2.05) is 4.90 Å². The van der Waals surface area contributed by atoms with Crippen molar-refractivity contribution >= 4 is 11.5 Å². The Morgan fingerprint density at radius 2 is 1.97 bits per heavy atom. The molecule has 0 amide bonds. The number of halogens is 4. The third kappa shape index (κ3) is 3.65. The standard InChI is InChI=1S/C20H18F4N8/c1-11-4-12(13-5-28-30-18(13)21)9-31(8-11)16-2-3-25-19(29-16)14-6-27-17-7-26-15(10-32(14)17)20(22,23)24/h2-3,5-7,10-12H,4,8-9H2,1H3,(H,28,30)/t11-,12-/m0/s1. The van der Waals surface area contributed by atoms with Gasteiger partial charge in [-0.05, 0) is 18.4 Å². The van der Waals surface area contributed by atoms with E-state index in [1.54, 1.807) is 18.5 Å². The fraction of sp³-hybridized carbons (Fsp3) is 0.350. The van der Waals surface area contributed by atoms with Gasteiger partial charge in [0.15, 0.2) is 17.2 Å². The van der Waals surface area contributed by atoms with Gasteiger partial charge in [0.05, 0.1) is 12.4 Å². The summed E-state index contributed by atoms with van der Waals surface area (Å²) in [4.78, 5) is 18.4. The van der Waals surface area contributed by atoms with Crippen LogP contribution in [0, 0.1) is 11.9 Å². The van der Waals surface area contributed by atoms with Gasteiger partial charge in [0.2, 0.25) is 5.95 Å². The lowest BCUT2D eigenvalue weighted by Gasteiger charge is -2.37. The van der Waals surface area contributed by atoms with Crippen LogP contribution < -0.4 is 4.90 Å². The Labute approximate surface area is 179 Å². The third-order valence-electron chi connectivity index (χ3n) is 5.60. The summed E-state index contributed by atoms with van der Waals surface area (Å²) in [6.07, 6.45) is 2.72. The summed E-state index contributed by atoms with van der Waals surface area (Å²) >= 11 is 0. The summed E-state index contributed by atoms with van der Waals surface area (Å²) < 4.78 is 54.6. The third-order valence-corrected chi connectivity index (χ3v) is 5.60. The van der Waals surface area contributed by atoms with Gasteiger partial charge in [0.1, 0.15) is 11.5 Å². The number of H-pyrrole nitrogens is 1. The highest BCUT2D eigenvalue weighted by atomic mass is 19.4. The van der Waals surface area contributed by atoms with Crippen molar-refractivity contribution < 1.29 is 17.6 Å². The molecule has 4 aromatic heterocycles. The fourth-order valence-corrected chi connectivity index (χ4v) is 4.18. The monoisotopic (exact) mass is 446 g/mol. The van der Waals surface area contributed by atoms with Crippen molar-refractivity contribution in [1.82, 2.24) is 34.5 Å². The number of hydrogen-bond acceptors (Lipinski definition) is 6. The molecule has 166 valence electrons. The van der Waals surface area contributed by atoms with E-state index in [2.05, 4.69) is 37.1 Å². The van der Waals surface area contributed by atoms with E-state index in [0.29, 0.717) is 30.2 Å². The molecular formula is C20H18F4N8. The van der Waals surface area contributed by atoms with Crippen molar-refractivity contribution in [1.29, 1.82) is 0 Å².